The third-order valence-electron chi connectivity index (χ3n) is 5.67. The number of hydrogen-bond acceptors (Lipinski definition) is 2. The Kier molecular flexibility index (Phi) is 4.64. The summed E-state index contributed by atoms with van der Waals surface area (Å²) >= 11 is 6.44. The average molecular weight is 387 g/mol. The highest BCUT2D eigenvalue weighted by molar-refractivity contribution is 6.31. The largest absolute Gasteiger partial charge is 0.351 e. The second-order valence-electron chi connectivity index (χ2n) is 7.29. The number of benzene rings is 2. The van der Waals surface area contributed by atoms with Crippen LogP contribution in [0, 0.1) is 5.82 Å². The molecule has 2 heterocycles. The van der Waals surface area contributed by atoms with Crippen molar-refractivity contribution >= 4 is 23.4 Å². The molecule has 2 saturated heterocycles. The van der Waals surface area contributed by atoms with Gasteiger partial charge in [0.1, 0.15) is 5.82 Å². The maximum Gasteiger partial charge on any atom is 0.232 e. The molecule has 4 rings (SSSR count). The SMILES string of the molecule is O=C1CCC2CC(C(=O)NCc3ccc(F)cc3)(c3ccccc3Cl)CN12. The van der Waals surface area contributed by atoms with E-state index in [9.17, 15) is 14.0 Å². The van der Waals surface area contributed by atoms with Crippen LogP contribution in [0.1, 0.15) is 30.4 Å². The summed E-state index contributed by atoms with van der Waals surface area (Å²) in [6.45, 7) is 0.638. The van der Waals surface area contributed by atoms with Gasteiger partial charge in [0, 0.05) is 30.6 Å². The third kappa shape index (κ3) is 3.21. The van der Waals surface area contributed by atoms with E-state index in [1.807, 2.05) is 23.1 Å². The van der Waals surface area contributed by atoms with Crippen molar-refractivity contribution in [3.8, 4) is 0 Å². The monoisotopic (exact) mass is 386 g/mol. The van der Waals surface area contributed by atoms with Crippen LogP contribution in [-0.2, 0) is 21.5 Å². The molecule has 2 amide bonds. The fourth-order valence-electron chi connectivity index (χ4n) is 4.27. The van der Waals surface area contributed by atoms with Crippen LogP contribution in [0.2, 0.25) is 5.02 Å². The van der Waals surface area contributed by atoms with Crippen molar-refractivity contribution in [1.82, 2.24) is 10.2 Å². The Bertz CT molecular complexity index is 886. The maximum absolute atomic E-state index is 13.3. The second kappa shape index (κ2) is 6.97. The zero-order valence-corrected chi connectivity index (χ0v) is 15.5. The Balaban J connectivity index is 1.62. The summed E-state index contributed by atoms with van der Waals surface area (Å²) in [4.78, 5) is 27.4. The van der Waals surface area contributed by atoms with Gasteiger partial charge in [0.05, 0.1) is 5.41 Å². The van der Waals surface area contributed by atoms with E-state index in [2.05, 4.69) is 5.32 Å². The van der Waals surface area contributed by atoms with Gasteiger partial charge in [0.15, 0.2) is 0 Å². The number of nitrogens with one attached hydrogen (secondary N) is 1. The molecule has 0 spiro atoms. The Labute approximate surface area is 162 Å². The van der Waals surface area contributed by atoms with E-state index in [4.69, 9.17) is 11.6 Å². The van der Waals surface area contributed by atoms with Crippen LogP contribution in [0.4, 0.5) is 4.39 Å². The highest BCUT2D eigenvalue weighted by Crippen LogP contribution is 2.45. The summed E-state index contributed by atoms with van der Waals surface area (Å²) in [6.07, 6.45) is 1.88. The molecule has 140 valence electrons. The number of carbonyl (C=O) groups excluding carboxylic acids is 2. The lowest BCUT2D eigenvalue weighted by molar-refractivity contribution is -0.129. The first-order valence-corrected chi connectivity index (χ1v) is 9.45. The number of rotatable bonds is 4. The van der Waals surface area contributed by atoms with Crippen LogP contribution in [0.5, 0.6) is 0 Å². The van der Waals surface area contributed by atoms with Gasteiger partial charge in [-0.3, -0.25) is 9.59 Å². The molecule has 27 heavy (non-hydrogen) atoms. The smallest absolute Gasteiger partial charge is 0.232 e. The highest BCUT2D eigenvalue weighted by Gasteiger charge is 2.54. The van der Waals surface area contributed by atoms with Gasteiger partial charge in [-0.15, -0.1) is 0 Å². The zero-order chi connectivity index (χ0) is 19.0. The Morgan fingerprint density at radius 1 is 1.22 bits per heavy atom. The number of hydrogen-bond donors (Lipinski definition) is 1. The molecule has 6 heteroatoms. The molecule has 2 aliphatic rings. The first-order valence-electron chi connectivity index (χ1n) is 9.07. The van der Waals surface area contributed by atoms with Gasteiger partial charge in [-0.2, -0.15) is 0 Å². The number of carbonyl (C=O) groups is 2. The molecule has 0 aliphatic carbocycles. The lowest BCUT2D eigenvalue weighted by Crippen LogP contribution is -2.47. The summed E-state index contributed by atoms with van der Waals surface area (Å²) in [5.74, 6) is -0.366. The molecule has 2 aliphatic heterocycles. The summed E-state index contributed by atoms with van der Waals surface area (Å²) in [6, 6.07) is 13.4. The lowest BCUT2D eigenvalue weighted by atomic mass is 9.76. The molecule has 0 saturated carbocycles. The van der Waals surface area contributed by atoms with Crippen molar-refractivity contribution in [1.29, 1.82) is 0 Å². The van der Waals surface area contributed by atoms with Gasteiger partial charge in [-0.1, -0.05) is 41.9 Å². The minimum Gasteiger partial charge on any atom is -0.351 e. The van der Waals surface area contributed by atoms with Crippen LogP contribution in [0.15, 0.2) is 48.5 Å². The standard InChI is InChI=1S/C21H20ClFN2O2/c22-18-4-2-1-3-17(18)21(11-16-9-10-19(26)25(16)13-21)20(27)24-12-14-5-7-15(23)8-6-14/h1-8,16H,9-13H2,(H,24,27). The van der Waals surface area contributed by atoms with Gasteiger partial charge >= 0.3 is 0 Å². The zero-order valence-electron chi connectivity index (χ0n) is 14.8. The normalized spacial score (nSPS) is 24.1. The maximum atomic E-state index is 13.3. The van der Waals surface area contributed by atoms with Crippen molar-refractivity contribution < 1.29 is 14.0 Å². The average Bonchev–Trinajstić information content (AvgIpc) is 3.21. The quantitative estimate of drug-likeness (QED) is 0.875. The Morgan fingerprint density at radius 3 is 2.67 bits per heavy atom. The van der Waals surface area contributed by atoms with E-state index >= 15 is 0 Å². The highest BCUT2D eigenvalue weighted by atomic mass is 35.5. The predicted octanol–water partition coefficient (Wildman–Crippen LogP) is 3.43. The van der Waals surface area contributed by atoms with Crippen molar-refractivity contribution in [2.24, 2.45) is 0 Å². The summed E-state index contributed by atoms with van der Waals surface area (Å²) < 4.78 is 13.1. The minimum absolute atomic E-state index is 0.0744. The van der Waals surface area contributed by atoms with Gasteiger partial charge in [-0.25, -0.2) is 4.39 Å². The molecule has 1 N–H and O–H groups in total. The number of halogens is 2. The number of nitrogens with zero attached hydrogens (tertiary/aromatic N) is 1. The second-order valence-corrected chi connectivity index (χ2v) is 7.70. The third-order valence-corrected chi connectivity index (χ3v) is 6.00. The molecule has 0 bridgehead atoms. The van der Waals surface area contributed by atoms with E-state index in [0.29, 0.717) is 31.0 Å². The topological polar surface area (TPSA) is 49.4 Å². The molecule has 0 aromatic heterocycles. The van der Waals surface area contributed by atoms with Gasteiger partial charge in [0.2, 0.25) is 11.8 Å². The van der Waals surface area contributed by atoms with Crippen LogP contribution in [0.25, 0.3) is 0 Å². The first-order chi connectivity index (χ1) is 13.0. The molecule has 2 unspecified atom stereocenters. The van der Waals surface area contributed by atoms with E-state index in [1.165, 1.54) is 12.1 Å². The van der Waals surface area contributed by atoms with Gasteiger partial charge in [-0.05, 0) is 42.2 Å². The van der Waals surface area contributed by atoms with Crippen LogP contribution < -0.4 is 5.32 Å². The molecule has 2 aromatic carbocycles. The molecular weight excluding hydrogens is 367 g/mol. The van der Waals surface area contributed by atoms with E-state index in [0.717, 1.165) is 17.5 Å². The van der Waals surface area contributed by atoms with E-state index in [1.54, 1.807) is 18.2 Å². The van der Waals surface area contributed by atoms with Gasteiger partial charge < -0.3 is 10.2 Å². The van der Waals surface area contributed by atoms with Crippen LogP contribution in [0.3, 0.4) is 0 Å². The minimum atomic E-state index is -0.862. The van der Waals surface area contributed by atoms with E-state index < -0.39 is 5.41 Å². The first kappa shape index (κ1) is 18.0. The van der Waals surface area contributed by atoms with Gasteiger partial charge in [0.25, 0.3) is 0 Å². The Morgan fingerprint density at radius 2 is 1.96 bits per heavy atom. The number of amides is 2. The number of fused-ring (bicyclic) bond motifs is 1. The summed E-state index contributed by atoms with van der Waals surface area (Å²) in [7, 11) is 0. The molecule has 0 radical (unpaired) electrons. The Hall–Kier alpha value is -2.40. The van der Waals surface area contributed by atoms with Crippen molar-refractivity contribution in [3.63, 3.8) is 0 Å². The van der Waals surface area contributed by atoms with Crippen LogP contribution >= 0.6 is 11.6 Å². The van der Waals surface area contributed by atoms with Crippen molar-refractivity contribution in [3.05, 3.63) is 70.5 Å². The fourth-order valence-corrected chi connectivity index (χ4v) is 4.58. The molecule has 2 atom stereocenters. The molecular formula is C21H20ClFN2O2. The molecule has 2 aromatic rings. The molecule has 4 nitrogen and oxygen atoms in total. The summed E-state index contributed by atoms with van der Waals surface area (Å²) in [5.41, 5.74) is 0.707. The van der Waals surface area contributed by atoms with Crippen molar-refractivity contribution in [2.45, 2.75) is 37.3 Å². The lowest BCUT2D eigenvalue weighted by Gasteiger charge is -2.29. The summed E-state index contributed by atoms with van der Waals surface area (Å²) in [5, 5.41) is 3.50. The van der Waals surface area contributed by atoms with Crippen molar-refractivity contribution in [2.75, 3.05) is 6.54 Å². The molecule has 2 fully saturated rings. The van der Waals surface area contributed by atoms with Crippen LogP contribution in [-0.4, -0.2) is 29.3 Å². The van der Waals surface area contributed by atoms with E-state index in [-0.39, 0.29) is 23.7 Å². The fraction of sp³-hybridized carbons (Fsp3) is 0.333. The predicted molar refractivity (Wildman–Crippen MR) is 101 cm³/mol.